The van der Waals surface area contributed by atoms with Crippen LogP contribution in [0.1, 0.15) is 13.3 Å². The molecular weight excluding hydrogens is 280 g/mol. The molecule has 0 bridgehead atoms. The molecule has 0 saturated carbocycles. The van der Waals surface area contributed by atoms with Gasteiger partial charge >= 0.3 is 0 Å². The number of hydrogen-bond acceptors (Lipinski definition) is 5. The number of anilines is 1. The summed E-state index contributed by atoms with van der Waals surface area (Å²) in [6.45, 7) is 7.70. The van der Waals surface area contributed by atoms with E-state index >= 15 is 0 Å². The van der Waals surface area contributed by atoms with Gasteiger partial charge in [-0.2, -0.15) is 0 Å². The highest BCUT2D eigenvalue weighted by molar-refractivity contribution is 5.58. The van der Waals surface area contributed by atoms with Crippen molar-refractivity contribution in [1.82, 2.24) is 4.90 Å². The summed E-state index contributed by atoms with van der Waals surface area (Å²) in [5.41, 5.74) is 1.15. The number of methoxy groups -OCH3 is 1. The Morgan fingerprint density at radius 3 is 2.59 bits per heavy atom. The molecule has 0 amide bonds. The Bertz CT molecular complexity index is 434. The zero-order chi connectivity index (χ0) is 15.8. The van der Waals surface area contributed by atoms with E-state index in [-0.39, 0.29) is 0 Å². The fraction of sp³-hybridized carbons (Fsp3) is 0.647. The van der Waals surface area contributed by atoms with Gasteiger partial charge in [-0.05, 0) is 18.6 Å². The Balaban J connectivity index is 1.78. The molecule has 1 aliphatic heterocycles. The minimum atomic E-state index is -0.399. The number of aliphatic hydroxyl groups is 1. The van der Waals surface area contributed by atoms with Crippen molar-refractivity contribution in [3.05, 3.63) is 24.3 Å². The highest BCUT2D eigenvalue weighted by Gasteiger charge is 2.21. The lowest BCUT2D eigenvalue weighted by Gasteiger charge is -2.37. The molecule has 5 heteroatoms. The number of benzene rings is 1. The number of piperazine rings is 1. The van der Waals surface area contributed by atoms with Crippen molar-refractivity contribution in [2.45, 2.75) is 19.4 Å². The van der Waals surface area contributed by atoms with Crippen LogP contribution in [0.5, 0.6) is 5.75 Å². The van der Waals surface area contributed by atoms with Crippen LogP contribution in [-0.2, 0) is 4.74 Å². The van der Waals surface area contributed by atoms with Crippen LogP contribution in [0.25, 0.3) is 0 Å². The highest BCUT2D eigenvalue weighted by Crippen LogP contribution is 2.28. The first-order valence-electron chi connectivity index (χ1n) is 8.10. The van der Waals surface area contributed by atoms with E-state index in [4.69, 9.17) is 9.47 Å². The van der Waals surface area contributed by atoms with Gasteiger partial charge in [0, 0.05) is 39.3 Å². The summed E-state index contributed by atoms with van der Waals surface area (Å²) < 4.78 is 10.8. The molecule has 1 fully saturated rings. The highest BCUT2D eigenvalue weighted by atomic mass is 16.5. The third-order valence-electron chi connectivity index (χ3n) is 3.93. The lowest BCUT2D eigenvalue weighted by Crippen LogP contribution is -2.49. The average Bonchev–Trinajstić information content (AvgIpc) is 2.56. The Hall–Kier alpha value is -1.30. The maximum Gasteiger partial charge on any atom is 0.142 e. The molecule has 1 saturated heterocycles. The summed E-state index contributed by atoms with van der Waals surface area (Å²) in [6.07, 6.45) is 0.592. The number of hydrogen-bond donors (Lipinski definition) is 1. The number of nitrogens with zero attached hydrogens (tertiary/aromatic N) is 2. The minimum absolute atomic E-state index is 0.399. The second kappa shape index (κ2) is 8.98. The molecule has 1 unspecified atom stereocenters. The summed E-state index contributed by atoms with van der Waals surface area (Å²) in [6, 6.07) is 8.13. The normalized spacial score (nSPS) is 17.5. The summed E-state index contributed by atoms with van der Waals surface area (Å²) >= 11 is 0. The van der Waals surface area contributed by atoms with Crippen molar-refractivity contribution in [2.75, 3.05) is 57.9 Å². The number of para-hydroxylation sites is 2. The van der Waals surface area contributed by atoms with Gasteiger partial charge in [-0.3, -0.25) is 4.90 Å². The van der Waals surface area contributed by atoms with E-state index in [1.54, 1.807) is 7.11 Å². The molecular formula is C17H28N2O3. The van der Waals surface area contributed by atoms with Crippen LogP contribution < -0.4 is 9.64 Å². The Labute approximate surface area is 133 Å². The predicted molar refractivity (Wildman–Crippen MR) is 88.8 cm³/mol. The lowest BCUT2D eigenvalue weighted by molar-refractivity contribution is 0.0160. The first-order valence-corrected chi connectivity index (χ1v) is 8.10. The molecule has 5 nitrogen and oxygen atoms in total. The minimum Gasteiger partial charge on any atom is -0.495 e. The predicted octanol–water partition coefficient (Wildman–Crippen LogP) is 1.60. The van der Waals surface area contributed by atoms with E-state index in [1.165, 1.54) is 0 Å². The van der Waals surface area contributed by atoms with Gasteiger partial charge < -0.3 is 19.5 Å². The van der Waals surface area contributed by atoms with Crippen LogP contribution in [-0.4, -0.2) is 69.2 Å². The van der Waals surface area contributed by atoms with Crippen LogP contribution in [0.2, 0.25) is 0 Å². The standard InChI is InChI=1S/C17H28N2O3/c1-3-12-22-14-15(20)13-18-8-10-19(11-9-18)16-6-4-5-7-17(16)21-2/h4-7,15,20H,3,8-14H2,1-2H3. The Morgan fingerprint density at radius 2 is 1.91 bits per heavy atom. The van der Waals surface area contributed by atoms with Crippen LogP contribution in [0, 0.1) is 0 Å². The monoisotopic (exact) mass is 308 g/mol. The van der Waals surface area contributed by atoms with Crippen molar-refractivity contribution >= 4 is 5.69 Å². The number of aliphatic hydroxyl groups excluding tert-OH is 1. The molecule has 22 heavy (non-hydrogen) atoms. The summed E-state index contributed by atoms with van der Waals surface area (Å²) in [4.78, 5) is 4.64. The van der Waals surface area contributed by atoms with E-state index in [2.05, 4.69) is 22.8 Å². The van der Waals surface area contributed by atoms with E-state index in [0.29, 0.717) is 13.2 Å². The molecule has 1 aromatic rings. The van der Waals surface area contributed by atoms with Crippen LogP contribution >= 0.6 is 0 Å². The fourth-order valence-electron chi connectivity index (χ4n) is 2.78. The number of rotatable bonds is 8. The van der Waals surface area contributed by atoms with E-state index < -0.39 is 6.10 Å². The van der Waals surface area contributed by atoms with Gasteiger partial charge in [0.25, 0.3) is 0 Å². The van der Waals surface area contributed by atoms with Crippen molar-refractivity contribution in [2.24, 2.45) is 0 Å². The summed E-state index contributed by atoms with van der Waals surface area (Å²) in [5.74, 6) is 0.920. The molecule has 1 heterocycles. The second-order valence-electron chi connectivity index (χ2n) is 5.69. The molecule has 0 aromatic heterocycles. The van der Waals surface area contributed by atoms with Gasteiger partial charge in [-0.1, -0.05) is 19.1 Å². The third kappa shape index (κ3) is 4.87. The molecule has 1 aromatic carbocycles. The molecule has 0 aliphatic carbocycles. The van der Waals surface area contributed by atoms with Crippen LogP contribution in [0.4, 0.5) is 5.69 Å². The van der Waals surface area contributed by atoms with E-state index in [1.807, 2.05) is 18.2 Å². The Kier molecular flexibility index (Phi) is 6.96. The van der Waals surface area contributed by atoms with Gasteiger partial charge in [-0.25, -0.2) is 0 Å². The molecule has 0 spiro atoms. The molecule has 2 rings (SSSR count). The number of ether oxygens (including phenoxy) is 2. The lowest BCUT2D eigenvalue weighted by atomic mass is 10.2. The molecule has 0 radical (unpaired) electrons. The van der Waals surface area contributed by atoms with Crippen molar-refractivity contribution in [3.63, 3.8) is 0 Å². The third-order valence-corrected chi connectivity index (χ3v) is 3.93. The average molecular weight is 308 g/mol. The van der Waals surface area contributed by atoms with Crippen molar-refractivity contribution in [3.8, 4) is 5.75 Å². The summed E-state index contributed by atoms with van der Waals surface area (Å²) in [5, 5.41) is 9.99. The van der Waals surface area contributed by atoms with Crippen molar-refractivity contribution < 1.29 is 14.6 Å². The Morgan fingerprint density at radius 1 is 1.18 bits per heavy atom. The van der Waals surface area contributed by atoms with Crippen LogP contribution in [0.15, 0.2) is 24.3 Å². The smallest absolute Gasteiger partial charge is 0.142 e. The van der Waals surface area contributed by atoms with Crippen molar-refractivity contribution in [1.29, 1.82) is 0 Å². The SMILES string of the molecule is CCCOCC(O)CN1CCN(c2ccccc2OC)CC1. The molecule has 1 atom stereocenters. The van der Waals surface area contributed by atoms with E-state index in [9.17, 15) is 5.11 Å². The fourth-order valence-corrected chi connectivity index (χ4v) is 2.78. The van der Waals surface area contributed by atoms with Crippen LogP contribution in [0.3, 0.4) is 0 Å². The zero-order valence-electron chi connectivity index (χ0n) is 13.7. The van der Waals surface area contributed by atoms with Gasteiger partial charge in [-0.15, -0.1) is 0 Å². The van der Waals surface area contributed by atoms with Gasteiger partial charge in [0.1, 0.15) is 5.75 Å². The number of β-amino-alcohol motifs (C(OH)–C–C–N with tert-alkyl or cyclic N) is 1. The van der Waals surface area contributed by atoms with Gasteiger partial charge in [0.05, 0.1) is 25.5 Å². The van der Waals surface area contributed by atoms with E-state index in [0.717, 1.165) is 50.6 Å². The zero-order valence-corrected chi connectivity index (χ0v) is 13.7. The topological polar surface area (TPSA) is 45.2 Å². The largest absolute Gasteiger partial charge is 0.495 e. The molecule has 124 valence electrons. The van der Waals surface area contributed by atoms with Gasteiger partial charge in [0.2, 0.25) is 0 Å². The first kappa shape index (κ1) is 17.1. The summed E-state index contributed by atoms with van der Waals surface area (Å²) in [7, 11) is 1.71. The maximum atomic E-state index is 9.99. The second-order valence-corrected chi connectivity index (χ2v) is 5.69. The quantitative estimate of drug-likeness (QED) is 0.739. The maximum absolute atomic E-state index is 9.99. The molecule has 1 N–H and O–H groups in total. The first-order chi connectivity index (χ1) is 10.7. The van der Waals surface area contributed by atoms with Gasteiger partial charge in [0.15, 0.2) is 0 Å². The molecule has 1 aliphatic rings.